The van der Waals surface area contributed by atoms with Crippen LogP contribution in [0.1, 0.15) is 22.6 Å². The van der Waals surface area contributed by atoms with Gasteiger partial charge in [0, 0.05) is 24.7 Å². The van der Waals surface area contributed by atoms with Gasteiger partial charge >= 0.3 is 0 Å². The summed E-state index contributed by atoms with van der Waals surface area (Å²) in [5.41, 5.74) is 4.19. The summed E-state index contributed by atoms with van der Waals surface area (Å²) in [6.07, 6.45) is 0. The lowest BCUT2D eigenvalue weighted by molar-refractivity contribution is -0.481. The molecule has 0 aliphatic heterocycles. The highest BCUT2D eigenvalue weighted by atomic mass is 16.6. The molecule has 1 atom stereocenters. The Morgan fingerprint density at radius 2 is 1.48 bits per heavy atom. The molecule has 0 spiro atoms. The van der Waals surface area contributed by atoms with Crippen molar-refractivity contribution in [3.8, 4) is 0 Å². The van der Waals surface area contributed by atoms with E-state index in [9.17, 15) is 10.1 Å². The molecule has 0 N–H and O–H groups in total. The fourth-order valence-corrected chi connectivity index (χ4v) is 2.36. The summed E-state index contributed by atoms with van der Waals surface area (Å²) in [6, 6.07) is 15.9. The fraction of sp³-hybridized carbons (Fsp3) is 0.294. The number of rotatable bonds is 5. The van der Waals surface area contributed by atoms with Gasteiger partial charge in [-0.2, -0.15) is 0 Å². The van der Waals surface area contributed by atoms with Gasteiger partial charge in [-0.15, -0.1) is 0 Å². The molecule has 1 unspecified atom stereocenters. The van der Waals surface area contributed by atoms with Crippen LogP contribution in [0.4, 0.5) is 5.69 Å². The summed E-state index contributed by atoms with van der Waals surface area (Å²) in [5, 5.41) is 11.0. The van der Waals surface area contributed by atoms with Gasteiger partial charge in [0.05, 0.1) is 5.92 Å². The van der Waals surface area contributed by atoms with E-state index in [0.717, 1.165) is 22.4 Å². The molecule has 0 bridgehead atoms. The largest absolute Gasteiger partial charge is 0.378 e. The standard InChI is InChI=1S/C17H20N2O2/c1-13-4-6-14(7-5-13)17(12-19(20)21)15-8-10-16(11-9-15)18(2)3/h4-11,17H,12H2,1-3H3. The van der Waals surface area contributed by atoms with Gasteiger partial charge in [-0.05, 0) is 30.2 Å². The van der Waals surface area contributed by atoms with Gasteiger partial charge in [-0.1, -0.05) is 42.0 Å². The van der Waals surface area contributed by atoms with Crippen LogP contribution in [-0.4, -0.2) is 25.6 Å². The van der Waals surface area contributed by atoms with Gasteiger partial charge in [0.25, 0.3) is 0 Å². The molecule has 0 saturated carbocycles. The van der Waals surface area contributed by atoms with E-state index in [2.05, 4.69) is 0 Å². The first-order valence-corrected chi connectivity index (χ1v) is 6.93. The number of nitro groups is 1. The van der Waals surface area contributed by atoms with Crippen molar-refractivity contribution in [2.45, 2.75) is 12.8 Å². The number of hydrogen-bond acceptors (Lipinski definition) is 3. The van der Waals surface area contributed by atoms with E-state index < -0.39 is 0 Å². The molecular weight excluding hydrogens is 264 g/mol. The average molecular weight is 284 g/mol. The third-order valence-corrected chi connectivity index (χ3v) is 3.62. The molecule has 0 heterocycles. The van der Waals surface area contributed by atoms with Crippen LogP contribution in [-0.2, 0) is 0 Å². The number of nitrogens with zero attached hydrogens (tertiary/aromatic N) is 2. The van der Waals surface area contributed by atoms with Crippen LogP contribution in [0.2, 0.25) is 0 Å². The Kier molecular flexibility index (Phi) is 4.58. The number of aryl methyl sites for hydroxylation is 1. The Labute approximate surface area is 125 Å². The van der Waals surface area contributed by atoms with Crippen LogP contribution in [0.25, 0.3) is 0 Å². The zero-order valence-electron chi connectivity index (χ0n) is 12.6. The van der Waals surface area contributed by atoms with Crippen molar-refractivity contribution < 1.29 is 4.92 Å². The lowest BCUT2D eigenvalue weighted by Gasteiger charge is -2.17. The zero-order valence-corrected chi connectivity index (χ0v) is 12.6. The van der Waals surface area contributed by atoms with E-state index in [1.54, 1.807) is 0 Å². The van der Waals surface area contributed by atoms with Gasteiger partial charge < -0.3 is 4.90 Å². The minimum absolute atomic E-state index is 0.0929. The molecule has 2 aromatic rings. The Bertz CT molecular complexity index is 604. The molecule has 2 aromatic carbocycles. The quantitative estimate of drug-likeness (QED) is 0.624. The predicted molar refractivity (Wildman–Crippen MR) is 85.7 cm³/mol. The molecule has 0 aliphatic rings. The van der Waals surface area contributed by atoms with Gasteiger partial charge in [0.15, 0.2) is 0 Å². The summed E-state index contributed by atoms with van der Waals surface area (Å²) in [6.45, 7) is 1.92. The molecule has 0 aliphatic carbocycles. The average Bonchev–Trinajstić information content (AvgIpc) is 2.46. The summed E-state index contributed by atoms with van der Waals surface area (Å²) in [4.78, 5) is 12.8. The van der Waals surface area contributed by atoms with Gasteiger partial charge in [-0.3, -0.25) is 10.1 Å². The first-order valence-electron chi connectivity index (χ1n) is 6.93. The molecule has 2 rings (SSSR count). The first-order chi connectivity index (χ1) is 9.97. The molecule has 0 amide bonds. The van der Waals surface area contributed by atoms with E-state index >= 15 is 0 Å². The fourth-order valence-electron chi connectivity index (χ4n) is 2.36. The Morgan fingerprint density at radius 3 is 1.90 bits per heavy atom. The van der Waals surface area contributed by atoms with Crippen molar-refractivity contribution in [2.24, 2.45) is 0 Å². The zero-order chi connectivity index (χ0) is 15.4. The Balaban J connectivity index is 2.35. The topological polar surface area (TPSA) is 46.4 Å². The number of benzene rings is 2. The Hall–Kier alpha value is -2.36. The normalized spacial score (nSPS) is 12.0. The lowest BCUT2D eigenvalue weighted by Crippen LogP contribution is -2.14. The molecule has 21 heavy (non-hydrogen) atoms. The summed E-state index contributed by atoms with van der Waals surface area (Å²) < 4.78 is 0. The highest BCUT2D eigenvalue weighted by Crippen LogP contribution is 2.27. The van der Waals surface area contributed by atoms with E-state index in [4.69, 9.17) is 0 Å². The monoisotopic (exact) mass is 284 g/mol. The minimum Gasteiger partial charge on any atom is -0.378 e. The van der Waals surface area contributed by atoms with E-state index in [1.807, 2.05) is 74.4 Å². The SMILES string of the molecule is Cc1ccc(C(C[N+](=O)[O-])c2ccc(N(C)C)cc2)cc1. The number of anilines is 1. The van der Waals surface area contributed by atoms with Crippen molar-refractivity contribution in [3.63, 3.8) is 0 Å². The van der Waals surface area contributed by atoms with Gasteiger partial charge in [0.1, 0.15) is 0 Å². The van der Waals surface area contributed by atoms with E-state index in [0.29, 0.717) is 0 Å². The van der Waals surface area contributed by atoms with E-state index in [-0.39, 0.29) is 17.4 Å². The maximum Gasteiger partial charge on any atom is 0.214 e. The maximum atomic E-state index is 11.0. The van der Waals surface area contributed by atoms with Crippen LogP contribution in [0, 0.1) is 17.0 Å². The molecule has 0 fully saturated rings. The van der Waals surface area contributed by atoms with Crippen molar-refractivity contribution in [2.75, 3.05) is 25.5 Å². The van der Waals surface area contributed by atoms with Crippen LogP contribution in [0.3, 0.4) is 0 Å². The molecular formula is C17H20N2O2. The van der Waals surface area contributed by atoms with Crippen LogP contribution in [0.15, 0.2) is 48.5 Å². The molecule has 0 radical (unpaired) electrons. The van der Waals surface area contributed by atoms with Crippen molar-refractivity contribution in [3.05, 3.63) is 75.3 Å². The van der Waals surface area contributed by atoms with Crippen molar-refractivity contribution >= 4 is 5.69 Å². The second kappa shape index (κ2) is 6.39. The highest BCUT2D eigenvalue weighted by molar-refractivity contribution is 5.48. The lowest BCUT2D eigenvalue weighted by atomic mass is 9.90. The van der Waals surface area contributed by atoms with E-state index in [1.165, 1.54) is 0 Å². The maximum absolute atomic E-state index is 11.0. The molecule has 4 heteroatoms. The molecule has 0 saturated heterocycles. The van der Waals surface area contributed by atoms with Crippen LogP contribution >= 0.6 is 0 Å². The van der Waals surface area contributed by atoms with Crippen LogP contribution < -0.4 is 4.90 Å². The molecule has 0 aromatic heterocycles. The third kappa shape index (κ3) is 3.81. The van der Waals surface area contributed by atoms with Crippen molar-refractivity contribution in [1.82, 2.24) is 0 Å². The highest BCUT2D eigenvalue weighted by Gasteiger charge is 2.20. The molecule has 4 nitrogen and oxygen atoms in total. The predicted octanol–water partition coefficient (Wildman–Crippen LogP) is 3.47. The van der Waals surface area contributed by atoms with Gasteiger partial charge in [0.2, 0.25) is 6.54 Å². The summed E-state index contributed by atoms with van der Waals surface area (Å²) in [5.74, 6) is -0.211. The summed E-state index contributed by atoms with van der Waals surface area (Å²) >= 11 is 0. The van der Waals surface area contributed by atoms with Gasteiger partial charge in [-0.25, -0.2) is 0 Å². The first kappa shape index (κ1) is 15.0. The third-order valence-electron chi connectivity index (χ3n) is 3.62. The van der Waals surface area contributed by atoms with Crippen molar-refractivity contribution in [1.29, 1.82) is 0 Å². The second-order valence-electron chi connectivity index (χ2n) is 5.46. The Morgan fingerprint density at radius 1 is 1.00 bits per heavy atom. The van der Waals surface area contributed by atoms with Crippen LogP contribution in [0.5, 0.6) is 0 Å². The molecule has 110 valence electrons. The number of hydrogen-bond donors (Lipinski definition) is 0. The second-order valence-corrected chi connectivity index (χ2v) is 5.46. The summed E-state index contributed by atoms with van der Waals surface area (Å²) in [7, 11) is 3.95. The smallest absolute Gasteiger partial charge is 0.214 e. The minimum atomic E-state index is -0.246.